The molecule has 0 aliphatic heterocycles. The summed E-state index contributed by atoms with van der Waals surface area (Å²) in [5.74, 6) is 0. The zero-order chi connectivity index (χ0) is 13.5. The predicted molar refractivity (Wildman–Crippen MR) is 61.5 cm³/mol. The van der Waals surface area contributed by atoms with Gasteiger partial charge in [0.25, 0.3) is 5.69 Å². The van der Waals surface area contributed by atoms with E-state index >= 15 is 0 Å². The summed E-state index contributed by atoms with van der Waals surface area (Å²) in [4.78, 5) is 8.85. The van der Waals surface area contributed by atoms with Crippen molar-refractivity contribution in [2.24, 2.45) is 0 Å². The first-order valence-corrected chi connectivity index (χ1v) is 6.60. The van der Waals surface area contributed by atoms with Crippen molar-refractivity contribution in [2.45, 2.75) is 4.90 Å². The van der Waals surface area contributed by atoms with Crippen molar-refractivity contribution in [1.82, 2.24) is 0 Å². The maximum absolute atomic E-state index is 13.1. The third kappa shape index (κ3) is 1.92. The van der Waals surface area contributed by atoms with Gasteiger partial charge in [0.2, 0.25) is 0 Å². The third-order valence-electron chi connectivity index (χ3n) is 2.18. The maximum Gasteiger partial charge on any atom is 0.334 e. The van der Waals surface area contributed by atoms with E-state index in [1.165, 1.54) is 0 Å². The normalized spacial score (nSPS) is 11.3. The van der Waals surface area contributed by atoms with Crippen molar-refractivity contribution >= 4 is 37.3 Å². The van der Waals surface area contributed by atoms with Crippen LogP contribution in [0.4, 0.5) is 9.57 Å². The smallest absolute Gasteiger partial charge is 0.258 e. The van der Waals surface area contributed by atoms with Crippen LogP contribution in [0.5, 0.6) is 0 Å². The van der Waals surface area contributed by atoms with Gasteiger partial charge in [0.1, 0.15) is 15.8 Å². The number of fused-ring (bicyclic) bond motifs is 1. The van der Waals surface area contributed by atoms with Gasteiger partial charge in [-0.25, -0.2) is 0 Å². The van der Waals surface area contributed by atoms with Crippen LogP contribution in [0.25, 0.3) is 10.1 Å². The Kier molecular flexibility index (Phi) is 2.76. The monoisotopic (exact) mass is 286 g/mol. The van der Waals surface area contributed by atoms with Crippen molar-refractivity contribution in [3.63, 3.8) is 0 Å². The number of nitro benzene ring substituents is 1. The van der Waals surface area contributed by atoms with Crippen LogP contribution < -0.4 is 0 Å². The van der Waals surface area contributed by atoms with Crippen LogP contribution in [-0.4, -0.2) is 13.3 Å². The molecule has 0 atom stereocenters. The van der Waals surface area contributed by atoms with E-state index in [-0.39, 0.29) is 20.7 Å². The van der Waals surface area contributed by atoms with Crippen molar-refractivity contribution in [1.29, 1.82) is 5.26 Å². The van der Waals surface area contributed by atoms with Crippen LogP contribution in [0.2, 0.25) is 0 Å². The Morgan fingerprint density at radius 2 is 2.11 bits per heavy atom. The van der Waals surface area contributed by atoms with Crippen LogP contribution in [0.15, 0.2) is 23.1 Å². The van der Waals surface area contributed by atoms with Crippen LogP contribution in [0, 0.1) is 21.4 Å². The topological polar surface area (TPSA) is 101 Å². The molecule has 1 heterocycles. The van der Waals surface area contributed by atoms with Gasteiger partial charge in [0.15, 0.2) is 0 Å². The second kappa shape index (κ2) is 4.01. The molecule has 6 nitrogen and oxygen atoms in total. The number of nitrogens with zero attached hydrogens (tertiary/aromatic N) is 2. The molecule has 0 aliphatic carbocycles. The lowest BCUT2D eigenvalue weighted by Gasteiger charge is -1.94. The number of thiophene rings is 1. The minimum absolute atomic E-state index is 0.0235. The molecule has 0 spiro atoms. The first-order chi connectivity index (χ1) is 8.34. The predicted octanol–water partition coefficient (Wildman–Crippen LogP) is 2.34. The average Bonchev–Trinajstić information content (AvgIpc) is 2.65. The molecule has 2 aromatic rings. The molecule has 0 fully saturated rings. The summed E-state index contributed by atoms with van der Waals surface area (Å²) in [5.41, 5.74) is -0.254. The molecule has 0 saturated carbocycles. The summed E-state index contributed by atoms with van der Waals surface area (Å²) < 4.78 is 35.2. The largest absolute Gasteiger partial charge is 0.334 e. The number of halogens is 1. The highest BCUT2D eigenvalue weighted by atomic mass is 32.3. The van der Waals surface area contributed by atoms with Gasteiger partial charge in [-0.2, -0.15) is 13.7 Å². The van der Waals surface area contributed by atoms with Crippen molar-refractivity contribution in [3.05, 3.63) is 33.2 Å². The highest BCUT2D eigenvalue weighted by molar-refractivity contribution is 7.87. The van der Waals surface area contributed by atoms with Crippen molar-refractivity contribution in [2.75, 3.05) is 0 Å². The molecule has 0 amide bonds. The van der Waals surface area contributed by atoms with Crippen molar-refractivity contribution in [3.8, 4) is 6.07 Å². The molecule has 92 valence electrons. The Morgan fingerprint density at radius 1 is 1.44 bits per heavy atom. The molecular weight excluding hydrogens is 283 g/mol. The molecule has 1 aromatic heterocycles. The molecule has 1 aromatic carbocycles. The number of rotatable bonds is 2. The summed E-state index contributed by atoms with van der Waals surface area (Å²) in [7, 11) is -5.04. The molecule has 0 radical (unpaired) electrons. The quantitative estimate of drug-likeness (QED) is 0.479. The summed E-state index contributed by atoms with van der Waals surface area (Å²) in [5, 5.41) is 19.3. The zero-order valence-corrected chi connectivity index (χ0v) is 10.1. The van der Waals surface area contributed by atoms with Gasteiger partial charge in [0.05, 0.1) is 4.92 Å². The van der Waals surface area contributed by atoms with Crippen LogP contribution in [0.1, 0.15) is 4.88 Å². The van der Waals surface area contributed by atoms with E-state index in [0.717, 1.165) is 18.2 Å². The number of non-ortho nitro benzene ring substituents is 1. The van der Waals surface area contributed by atoms with E-state index in [2.05, 4.69) is 0 Å². The Morgan fingerprint density at radius 3 is 2.61 bits per heavy atom. The molecule has 0 unspecified atom stereocenters. The Balaban J connectivity index is 2.88. The maximum atomic E-state index is 13.1. The van der Waals surface area contributed by atoms with Crippen LogP contribution in [0.3, 0.4) is 0 Å². The Bertz CT molecular complexity index is 804. The first kappa shape index (κ1) is 12.4. The number of nitro groups is 1. The fraction of sp³-hybridized carbons (Fsp3) is 0. The van der Waals surface area contributed by atoms with E-state index in [0.29, 0.717) is 11.3 Å². The fourth-order valence-electron chi connectivity index (χ4n) is 1.49. The highest BCUT2D eigenvalue weighted by Crippen LogP contribution is 2.36. The third-order valence-corrected chi connectivity index (χ3v) is 4.28. The molecule has 2 rings (SSSR count). The summed E-state index contributed by atoms with van der Waals surface area (Å²) >= 11 is 0.698. The van der Waals surface area contributed by atoms with Gasteiger partial charge >= 0.3 is 10.2 Å². The second-order valence-corrected chi connectivity index (χ2v) is 5.58. The number of hydrogen-bond acceptors (Lipinski definition) is 6. The fourth-order valence-corrected chi connectivity index (χ4v) is 3.61. The number of hydrogen-bond donors (Lipinski definition) is 0. The van der Waals surface area contributed by atoms with Crippen LogP contribution in [-0.2, 0) is 10.2 Å². The molecular formula is C9H3FN2O4S2. The molecule has 0 saturated heterocycles. The number of nitriles is 1. The second-order valence-electron chi connectivity index (χ2n) is 3.25. The van der Waals surface area contributed by atoms with E-state index in [4.69, 9.17) is 5.26 Å². The summed E-state index contributed by atoms with van der Waals surface area (Å²) in [6.07, 6.45) is 0. The van der Waals surface area contributed by atoms with Gasteiger partial charge in [-0.05, 0) is 6.07 Å². The SMILES string of the molecule is N#Cc1sc2cc([N+](=O)[O-])ccc2c1S(=O)(=O)F. The molecule has 9 heteroatoms. The lowest BCUT2D eigenvalue weighted by atomic mass is 10.2. The minimum Gasteiger partial charge on any atom is -0.258 e. The average molecular weight is 286 g/mol. The Hall–Kier alpha value is -2.05. The minimum atomic E-state index is -5.04. The van der Waals surface area contributed by atoms with Gasteiger partial charge in [-0.15, -0.1) is 15.2 Å². The highest BCUT2D eigenvalue weighted by Gasteiger charge is 2.25. The molecule has 0 aliphatic rings. The van der Waals surface area contributed by atoms with Gasteiger partial charge in [0, 0.05) is 22.2 Å². The lowest BCUT2D eigenvalue weighted by Crippen LogP contribution is -1.93. The van der Waals surface area contributed by atoms with Crippen molar-refractivity contribution < 1.29 is 17.2 Å². The van der Waals surface area contributed by atoms with E-state index in [1.807, 2.05) is 0 Å². The molecule has 0 N–H and O–H groups in total. The van der Waals surface area contributed by atoms with Gasteiger partial charge in [-0.3, -0.25) is 10.1 Å². The zero-order valence-electron chi connectivity index (χ0n) is 8.45. The number of benzene rings is 1. The first-order valence-electron chi connectivity index (χ1n) is 4.40. The van der Waals surface area contributed by atoms with E-state index in [9.17, 15) is 22.4 Å². The van der Waals surface area contributed by atoms with Crippen LogP contribution >= 0.6 is 11.3 Å². The molecule has 0 bridgehead atoms. The molecule has 18 heavy (non-hydrogen) atoms. The van der Waals surface area contributed by atoms with E-state index < -0.39 is 20.0 Å². The summed E-state index contributed by atoms with van der Waals surface area (Å²) in [6.45, 7) is 0. The standard InChI is InChI=1S/C9H3FN2O4S2/c10-18(15,16)9-6-2-1-5(12(13)14)3-7(6)17-8(9)4-11/h1-3H. The summed E-state index contributed by atoms with van der Waals surface area (Å²) in [6, 6.07) is 4.86. The Labute approximate surface area is 104 Å². The van der Waals surface area contributed by atoms with E-state index in [1.54, 1.807) is 6.07 Å². The van der Waals surface area contributed by atoms with Gasteiger partial charge in [-0.1, -0.05) is 0 Å². The lowest BCUT2D eigenvalue weighted by molar-refractivity contribution is -0.384. The van der Waals surface area contributed by atoms with Gasteiger partial charge < -0.3 is 0 Å².